The minimum atomic E-state index is -3.55. The summed E-state index contributed by atoms with van der Waals surface area (Å²) in [7, 11) is -1.41. The van der Waals surface area contributed by atoms with Gasteiger partial charge in [0.15, 0.2) is 0 Å². The Morgan fingerprint density at radius 2 is 1.80 bits per heavy atom. The number of carbonyl (C=O) groups is 1. The van der Waals surface area contributed by atoms with Gasteiger partial charge < -0.3 is 9.80 Å². The van der Waals surface area contributed by atoms with E-state index >= 15 is 0 Å². The number of quaternary nitrogens is 1. The summed E-state index contributed by atoms with van der Waals surface area (Å²) in [5, 5.41) is 0. The van der Waals surface area contributed by atoms with Crippen LogP contribution < -0.4 is 4.90 Å². The van der Waals surface area contributed by atoms with E-state index in [9.17, 15) is 13.2 Å². The van der Waals surface area contributed by atoms with Crippen LogP contribution in [0.2, 0.25) is 0 Å². The molecule has 0 saturated carbocycles. The molecule has 2 fully saturated rings. The zero-order chi connectivity index (χ0) is 18.0. The minimum Gasteiger partial charge on any atom is -0.334 e. The number of amides is 1. The van der Waals surface area contributed by atoms with Crippen molar-refractivity contribution in [2.24, 2.45) is 5.92 Å². The van der Waals surface area contributed by atoms with Crippen molar-refractivity contribution < 1.29 is 18.1 Å². The number of hydrogen-bond donors (Lipinski definition) is 1. The fourth-order valence-corrected chi connectivity index (χ4v) is 5.27. The van der Waals surface area contributed by atoms with Crippen molar-refractivity contribution in [1.82, 2.24) is 9.21 Å². The normalized spacial score (nSPS) is 23.6. The van der Waals surface area contributed by atoms with Crippen molar-refractivity contribution >= 4 is 31.9 Å². The molecule has 6 nitrogen and oxygen atoms in total. The molecule has 1 amide bonds. The Morgan fingerprint density at radius 1 is 1.16 bits per heavy atom. The molecule has 138 valence electrons. The highest BCUT2D eigenvalue weighted by molar-refractivity contribution is 9.10. The zero-order valence-corrected chi connectivity index (χ0v) is 16.9. The van der Waals surface area contributed by atoms with Crippen LogP contribution in [0.25, 0.3) is 0 Å². The van der Waals surface area contributed by atoms with E-state index in [-0.39, 0.29) is 23.3 Å². The van der Waals surface area contributed by atoms with E-state index in [1.807, 2.05) is 4.90 Å². The lowest BCUT2D eigenvalue weighted by Crippen LogP contribution is -3.12. The van der Waals surface area contributed by atoms with E-state index in [1.165, 1.54) is 9.21 Å². The summed E-state index contributed by atoms with van der Waals surface area (Å²) in [5.74, 6) is -0.111. The highest BCUT2D eigenvalue weighted by Gasteiger charge is 2.36. The van der Waals surface area contributed by atoms with E-state index in [4.69, 9.17) is 0 Å². The molecule has 0 bridgehead atoms. The van der Waals surface area contributed by atoms with Crippen LogP contribution in [-0.2, 0) is 14.8 Å². The molecule has 1 N–H and O–H groups in total. The Hall–Kier alpha value is -0.960. The molecule has 3 rings (SSSR count). The Labute approximate surface area is 158 Å². The summed E-state index contributed by atoms with van der Waals surface area (Å²) in [6.45, 7) is 4.21. The van der Waals surface area contributed by atoms with E-state index in [0.717, 1.165) is 43.5 Å². The van der Waals surface area contributed by atoms with Crippen LogP contribution in [0.1, 0.15) is 12.8 Å². The second-order valence-corrected chi connectivity index (χ2v) is 9.79. The molecule has 2 aliphatic rings. The first-order valence-corrected chi connectivity index (χ1v) is 11.0. The average Bonchev–Trinajstić information content (AvgIpc) is 2.62. The Kier molecular flexibility index (Phi) is 5.82. The number of hydrogen-bond acceptors (Lipinski definition) is 3. The Balaban J connectivity index is 1.70. The van der Waals surface area contributed by atoms with Gasteiger partial charge in [0.25, 0.3) is 0 Å². The molecule has 2 saturated heterocycles. The third-order valence-corrected chi connectivity index (χ3v) is 7.52. The average molecular weight is 431 g/mol. The largest absolute Gasteiger partial charge is 0.334 e. The first-order chi connectivity index (χ1) is 11.9. The molecule has 1 aromatic rings. The van der Waals surface area contributed by atoms with Crippen LogP contribution in [-0.4, -0.2) is 69.8 Å². The van der Waals surface area contributed by atoms with Crippen molar-refractivity contribution in [1.29, 1.82) is 0 Å². The number of rotatable bonds is 3. The number of piperidine rings is 1. The van der Waals surface area contributed by atoms with Gasteiger partial charge in [0, 0.05) is 17.6 Å². The molecule has 2 aliphatic heterocycles. The quantitative estimate of drug-likeness (QED) is 0.745. The summed E-state index contributed by atoms with van der Waals surface area (Å²) in [4.78, 5) is 16.4. The Morgan fingerprint density at radius 3 is 2.44 bits per heavy atom. The molecule has 1 atom stereocenters. The number of halogens is 1. The fraction of sp³-hybridized carbons (Fsp3) is 0.588. The topological polar surface area (TPSA) is 62.1 Å². The van der Waals surface area contributed by atoms with Gasteiger partial charge in [0.05, 0.1) is 44.0 Å². The summed E-state index contributed by atoms with van der Waals surface area (Å²) in [6.07, 6.45) is 1.50. The number of nitrogens with one attached hydrogen (secondary N) is 1. The van der Waals surface area contributed by atoms with Gasteiger partial charge in [-0.15, -0.1) is 0 Å². The van der Waals surface area contributed by atoms with Crippen molar-refractivity contribution in [2.45, 2.75) is 17.7 Å². The zero-order valence-electron chi connectivity index (χ0n) is 14.4. The van der Waals surface area contributed by atoms with E-state index in [1.54, 1.807) is 24.3 Å². The van der Waals surface area contributed by atoms with Crippen LogP contribution in [0.5, 0.6) is 0 Å². The van der Waals surface area contributed by atoms with Crippen LogP contribution >= 0.6 is 15.9 Å². The van der Waals surface area contributed by atoms with E-state index in [2.05, 4.69) is 23.0 Å². The van der Waals surface area contributed by atoms with Crippen LogP contribution in [0.3, 0.4) is 0 Å². The van der Waals surface area contributed by atoms with Crippen LogP contribution in [0, 0.1) is 5.92 Å². The highest BCUT2D eigenvalue weighted by Crippen LogP contribution is 2.26. The smallest absolute Gasteiger partial charge is 0.243 e. The lowest BCUT2D eigenvalue weighted by molar-refractivity contribution is -0.883. The van der Waals surface area contributed by atoms with Gasteiger partial charge in [-0.05, 0) is 37.1 Å². The number of likely N-dealkylation sites (N-methyl/N-ethyl adjacent to an activating group) is 1. The maximum atomic E-state index is 12.9. The lowest BCUT2D eigenvalue weighted by atomic mass is 9.98. The summed E-state index contributed by atoms with van der Waals surface area (Å²) >= 11 is 3.32. The molecule has 0 unspecified atom stereocenters. The standard InChI is InChI=1S/C17H24BrN3O3S/c1-19-9-11-20(12-10-19)17(22)14-3-2-8-21(13-14)25(23,24)16-6-4-15(18)5-7-16/h4-7,14H,2-3,8-13H2,1H3/p+1/t14-/m0/s1. The second-order valence-electron chi connectivity index (χ2n) is 6.94. The van der Waals surface area contributed by atoms with Gasteiger partial charge >= 0.3 is 0 Å². The molecule has 2 heterocycles. The molecule has 8 heteroatoms. The lowest BCUT2D eigenvalue weighted by Gasteiger charge is -2.36. The molecule has 0 aromatic heterocycles. The number of benzene rings is 1. The van der Waals surface area contributed by atoms with Crippen molar-refractivity contribution in [3.8, 4) is 0 Å². The summed E-state index contributed by atoms with van der Waals surface area (Å²) in [6, 6.07) is 6.67. The second kappa shape index (κ2) is 7.73. The number of piperazine rings is 1. The predicted molar refractivity (Wildman–Crippen MR) is 98.8 cm³/mol. The number of sulfonamides is 1. The van der Waals surface area contributed by atoms with Gasteiger partial charge in [-0.25, -0.2) is 8.42 Å². The molecular weight excluding hydrogens is 406 g/mol. The van der Waals surface area contributed by atoms with E-state index < -0.39 is 10.0 Å². The molecule has 0 radical (unpaired) electrons. The number of carbonyl (C=O) groups excluding carboxylic acids is 1. The molecular formula is C17H25BrN3O3S+. The third-order valence-electron chi connectivity index (χ3n) is 5.11. The van der Waals surface area contributed by atoms with Gasteiger partial charge in [-0.3, -0.25) is 4.79 Å². The highest BCUT2D eigenvalue weighted by atomic mass is 79.9. The maximum absolute atomic E-state index is 12.9. The SMILES string of the molecule is C[NH+]1CCN(C(=O)[C@H]2CCCN(S(=O)(=O)c3ccc(Br)cc3)C2)CC1. The maximum Gasteiger partial charge on any atom is 0.243 e. The molecule has 25 heavy (non-hydrogen) atoms. The fourth-order valence-electron chi connectivity index (χ4n) is 3.48. The van der Waals surface area contributed by atoms with Gasteiger partial charge in [-0.2, -0.15) is 4.31 Å². The molecule has 0 spiro atoms. The first-order valence-electron chi connectivity index (χ1n) is 8.74. The molecule has 1 aromatic carbocycles. The van der Waals surface area contributed by atoms with Crippen LogP contribution in [0.15, 0.2) is 33.6 Å². The molecule has 0 aliphatic carbocycles. The predicted octanol–water partition coefficient (Wildman–Crippen LogP) is 0.207. The van der Waals surface area contributed by atoms with Gasteiger partial charge in [-0.1, -0.05) is 15.9 Å². The monoisotopic (exact) mass is 430 g/mol. The first kappa shape index (κ1) is 18.8. The summed E-state index contributed by atoms with van der Waals surface area (Å²) in [5.41, 5.74) is 0. The number of nitrogens with zero attached hydrogens (tertiary/aromatic N) is 2. The van der Waals surface area contributed by atoms with E-state index in [0.29, 0.717) is 6.54 Å². The van der Waals surface area contributed by atoms with Crippen molar-refractivity contribution in [3.05, 3.63) is 28.7 Å². The Bertz CT molecular complexity index is 715. The van der Waals surface area contributed by atoms with Gasteiger partial charge in [0.2, 0.25) is 15.9 Å². The van der Waals surface area contributed by atoms with Crippen molar-refractivity contribution in [2.75, 3.05) is 46.3 Å². The van der Waals surface area contributed by atoms with Gasteiger partial charge in [0.1, 0.15) is 0 Å². The summed E-state index contributed by atoms with van der Waals surface area (Å²) < 4.78 is 28.1. The van der Waals surface area contributed by atoms with Crippen LogP contribution in [0.4, 0.5) is 0 Å². The van der Waals surface area contributed by atoms with Crippen molar-refractivity contribution in [3.63, 3.8) is 0 Å². The third kappa shape index (κ3) is 4.24. The minimum absolute atomic E-state index is 0.114.